The fraction of sp³-hybridized carbons (Fsp3) is 0.769. The minimum Gasteiger partial charge on any atom is -0.462 e. The van der Waals surface area contributed by atoms with E-state index >= 15 is 0 Å². The number of hydrogen-bond acceptors (Lipinski definition) is 6. The van der Waals surface area contributed by atoms with E-state index in [1.807, 2.05) is 0 Å². The molecular weight excluding hydrogens is 430 g/mol. The first-order valence-corrected chi connectivity index (χ1v) is 10.3. The van der Waals surface area contributed by atoms with E-state index in [-0.39, 0.29) is 5.57 Å². The van der Waals surface area contributed by atoms with Crippen LogP contribution in [0.3, 0.4) is 0 Å². The Bertz CT molecular complexity index is 720. The number of carbonyl (C=O) groups excluding carboxylic acids is 1. The maximum atomic E-state index is 12.7. The number of sulfone groups is 2. The number of ether oxygens (including phenoxy) is 1. The highest BCUT2D eigenvalue weighted by atomic mass is 32.3. The molecule has 0 aromatic heterocycles. The zero-order valence-corrected chi connectivity index (χ0v) is 16.0. The van der Waals surface area contributed by atoms with Gasteiger partial charge in [-0.25, -0.2) is 16.8 Å². The van der Waals surface area contributed by atoms with E-state index in [0.717, 1.165) is 0 Å². The molecule has 0 aliphatic carbocycles. The topological polar surface area (TPSA) is 94.6 Å². The number of alkyl halides is 6. The summed E-state index contributed by atoms with van der Waals surface area (Å²) in [7, 11) is -13.6. The second-order valence-electron chi connectivity index (χ2n) is 6.05. The van der Waals surface area contributed by atoms with Crippen molar-refractivity contribution in [1.29, 1.82) is 0 Å². The molecule has 0 aliphatic heterocycles. The average Bonchev–Trinajstić information content (AvgIpc) is 2.38. The molecule has 0 aromatic carbocycles. The third-order valence-electron chi connectivity index (χ3n) is 3.23. The van der Waals surface area contributed by atoms with Gasteiger partial charge in [0.2, 0.25) is 0 Å². The Morgan fingerprint density at radius 3 is 1.59 bits per heavy atom. The molecular formula is C13H18F6O6S2. The Morgan fingerprint density at radius 1 is 0.963 bits per heavy atom. The van der Waals surface area contributed by atoms with Crippen molar-refractivity contribution in [3.8, 4) is 0 Å². The van der Waals surface area contributed by atoms with Crippen molar-refractivity contribution in [1.82, 2.24) is 0 Å². The van der Waals surface area contributed by atoms with Crippen LogP contribution in [-0.4, -0.2) is 44.5 Å². The Morgan fingerprint density at radius 2 is 1.33 bits per heavy atom. The largest absolute Gasteiger partial charge is 0.498 e. The van der Waals surface area contributed by atoms with Crippen molar-refractivity contribution < 1.29 is 52.7 Å². The molecule has 0 fully saturated rings. The summed E-state index contributed by atoms with van der Waals surface area (Å²) in [5, 5.41) is 0. The molecule has 14 heteroatoms. The number of halogens is 6. The molecule has 0 rings (SSSR count). The summed E-state index contributed by atoms with van der Waals surface area (Å²) in [6, 6.07) is 0. The van der Waals surface area contributed by atoms with Gasteiger partial charge in [0.15, 0.2) is 4.58 Å². The quantitative estimate of drug-likeness (QED) is 0.322. The molecule has 0 radical (unpaired) electrons. The highest BCUT2D eigenvalue weighted by molar-refractivity contribution is 8.09. The van der Waals surface area contributed by atoms with Crippen molar-refractivity contribution in [2.45, 2.75) is 55.3 Å². The van der Waals surface area contributed by atoms with Gasteiger partial charge in [-0.2, -0.15) is 26.3 Å². The third-order valence-corrected chi connectivity index (χ3v) is 7.81. The van der Waals surface area contributed by atoms with Gasteiger partial charge in [-0.3, -0.25) is 4.79 Å². The van der Waals surface area contributed by atoms with Crippen LogP contribution in [0.5, 0.6) is 0 Å². The van der Waals surface area contributed by atoms with E-state index in [2.05, 4.69) is 6.58 Å². The van der Waals surface area contributed by atoms with E-state index in [9.17, 15) is 48.0 Å². The minimum atomic E-state index is -6.78. The molecule has 1 atom stereocenters. The number of rotatable bonds is 8. The van der Waals surface area contributed by atoms with E-state index in [1.54, 1.807) is 0 Å². The Balaban J connectivity index is 6.17. The first-order chi connectivity index (χ1) is 11.7. The zero-order chi connectivity index (χ0) is 22.0. The molecule has 0 aliphatic rings. The molecule has 0 aromatic rings. The van der Waals surface area contributed by atoms with Crippen LogP contribution in [0.4, 0.5) is 26.3 Å². The monoisotopic (exact) mass is 448 g/mol. The molecule has 0 heterocycles. The highest BCUT2D eigenvalue weighted by Crippen LogP contribution is 2.39. The van der Waals surface area contributed by atoms with Crippen LogP contribution in [0.25, 0.3) is 0 Å². The van der Waals surface area contributed by atoms with Crippen LogP contribution in [0.1, 0.15) is 33.6 Å². The van der Waals surface area contributed by atoms with Gasteiger partial charge in [0.1, 0.15) is 6.10 Å². The van der Waals surface area contributed by atoms with Gasteiger partial charge in [0.05, 0.1) is 6.42 Å². The van der Waals surface area contributed by atoms with Crippen molar-refractivity contribution in [2.75, 3.05) is 0 Å². The molecule has 0 amide bonds. The van der Waals surface area contributed by atoms with Gasteiger partial charge < -0.3 is 4.74 Å². The first kappa shape index (κ1) is 25.7. The van der Waals surface area contributed by atoms with E-state index < -0.39 is 66.1 Å². The van der Waals surface area contributed by atoms with Crippen molar-refractivity contribution in [3.63, 3.8) is 0 Å². The molecule has 0 saturated heterocycles. The molecule has 0 saturated carbocycles. The lowest BCUT2D eigenvalue weighted by atomic mass is 10.0. The van der Waals surface area contributed by atoms with Crippen LogP contribution >= 0.6 is 0 Å². The number of carbonyl (C=O) groups is 1. The fourth-order valence-electron chi connectivity index (χ4n) is 1.82. The summed E-state index contributed by atoms with van der Waals surface area (Å²) >= 11 is 0. The smallest absolute Gasteiger partial charge is 0.462 e. The van der Waals surface area contributed by atoms with Gasteiger partial charge in [-0.05, 0) is 12.8 Å². The van der Waals surface area contributed by atoms with Gasteiger partial charge in [-0.15, -0.1) is 0 Å². The number of hydrogen-bond donors (Lipinski definition) is 0. The second-order valence-corrected chi connectivity index (χ2v) is 10.6. The second kappa shape index (κ2) is 8.37. The lowest BCUT2D eigenvalue weighted by molar-refractivity contribution is -0.150. The summed E-state index contributed by atoms with van der Waals surface area (Å²) in [6.07, 6.45) is -4.01. The van der Waals surface area contributed by atoms with Gasteiger partial charge in [0.25, 0.3) is 19.7 Å². The van der Waals surface area contributed by atoms with Crippen molar-refractivity contribution in [3.05, 3.63) is 12.2 Å². The molecule has 0 spiro atoms. The van der Waals surface area contributed by atoms with Gasteiger partial charge in [0, 0.05) is 6.42 Å². The minimum absolute atomic E-state index is 0.255. The average molecular weight is 448 g/mol. The van der Waals surface area contributed by atoms with E-state index in [4.69, 9.17) is 4.74 Å². The standard InChI is InChI=1S/C13H18F6O6S2/c1-7(2)5-10(20)25-9(8(3)4)6-11(26(21,22)12(14,15)16)27(23,24)13(17,18)19/h8-9,11H,1,5-6H2,2-4H3. The third kappa shape index (κ3) is 6.36. The molecule has 0 bridgehead atoms. The maximum absolute atomic E-state index is 12.7. The Labute approximate surface area is 152 Å². The van der Waals surface area contributed by atoms with Gasteiger partial charge >= 0.3 is 17.0 Å². The van der Waals surface area contributed by atoms with Gasteiger partial charge in [-0.1, -0.05) is 26.0 Å². The lowest BCUT2D eigenvalue weighted by Crippen LogP contribution is -2.47. The molecule has 1 unspecified atom stereocenters. The van der Waals surface area contributed by atoms with Crippen LogP contribution in [0.2, 0.25) is 0 Å². The van der Waals surface area contributed by atoms with Crippen LogP contribution in [0.15, 0.2) is 12.2 Å². The first-order valence-electron chi connectivity index (χ1n) is 7.19. The fourth-order valence-corrected chi connectivity index (χ4v) is 5.29. The maximum Gasteiger partial charge on any atom is 0.498 e. The molecule has 27 heavy (non-hydrogen) atoms. The zero-order valence-electron chi connectivity index (χ0n) is 14.4. The SMILES string of the molecule is C=C(C)CC(=O)OC(CC(S(=O)(=O)C(F)(F)F)S(=O)(=O)C(F)(F)F)C(C)C. The van der Waals surface area contributed by atoms with E-state index in [1.165, 1.54) is 20.8 Å². The summed E-state index contributed by atoms with van der Waals surface area (Å²) in [5.74, 6) is -2.08. The van der Waals surface area contributed by atoms with Crippen LogP contribution < -0.4 is 0 Å². The normalized spacial score (nSPS) is 15.1. The highest BCUT2D eigenvalue weighted by Gasteiger charge is 2.63. The lowest BCUT2D eigenvalue weighted by Gasteiger charge is -2.27. The molecule has 6 nitrogen and oxygen atoms in total. The van der Waals surface area contributed by atoms with Crippen LogP contribution in [0, 0.1) is 5.92 Å². The molecule has 160 valence electrons. The number of esters is 1. The Kier molecular flexibility index (Phi) is 7.96. The summed E-state index contributed by atoms with van der Waals surface area (Å²) in [5.41, 5.74) is -12.3. The summed E-state index contributed by atoms with van der Waals surface area (Å²) < 4.78 is 123. The predicted molar refractivity (Wildman–Crippen MR) is 82.5 cm³/mol. The molecule has 0 N–H and O–H groups in total. The Hall–Kier alpha value is -1.31. The summed E-state index contributed by atoms with van der Waals surface area (Å²) in [6.45, 7) is 7.16. The van der Waals surface area contributed by atoms with Crippen molar-refractivity contribution >= 4 is 25.6 Å². The van der Waals surface area contributed by atoms with E-state index in [0.29, 0.717) is 0 Å². The van der Waals surface area contributed by atoms with Crippen LogP contribution in [-0.2, 0) is 29.2 Å². The predicted octanol–water partition coefficient (Wildman–Crippen LogP) is 3.11. The summed E-state index contributed by atoms with van der Waals surface area (Å²) in [4.78, 5) is 11.6. The van der Waals surface area contributed by atoms with Crippen molar-refractivity contribution in [2.24, 2.45) is 5.92 Å².